The summed E-state index contributed by atoms with van der Waals surface area (Å²) in [6.45, 7) is 0.999. The molecule has 0 saturated carbocycles. The number of hydrogen-bond donors (Lipinski definition) is 1. The van der Waals surface area contributed by atoms with Crippen LogP contribution in [0, 0.1) is 0 Å². The monoisotopic (exact) mass is 232 g/mol. The first-order valence-electron chi connectivity index (χ1n) is 6.34. The van der Waals surface area contributed by atoms with Crippen molar-refractivity contribution in [2.75, 3.05) is 13.1 Å². The summed E-state index contributed by atoms with van der Waals surface area (Å²) in [5.74, 6) is 0.0885. The third-order valence-electron chi connectivity index (χ3n) is 3.44. The number of amides is 1. The predicted molar refractivity (Wildman–Crippen MR) is 68.6 cm³/mol. The topological polar surface area (TPSA) is 46.3 Å². The van der Waals surface area contributed by atoms with Crippen LogP contribution in [0.5, 0.6) is 0 Å². The molecular weight excluding hydrogens is 212 g/mol. The third-order valence-corrected chi connectivity index (χ3v) is 3.44. The molecule has 1 aromatic carbocycles. The Labute approximate surface area is 103 Å². The quantitative estimate of drug-likeness (QED) is 0.860. The number of hydrogen-bond acceptors (Lipinski definition) is 2. The smallest absolute Gasteiger partial charge is 0.236 e. The van der Waals surface area contributed by atoms with Gasteiger partial charge in [0, 0.05) is 12.6 Å². The summed E-state index contributed by atoms with van der Waals surface area (Å²) in [4.78, 5) is 13.7. The predicted octanol–water partition coefficient (Wildman–Crippen LogP) is 1.57. The van der Waals surface area contributed by atoms with Crippen molar-refractivity contribution >= 4 is 5.91 Å². The van der Waals surface area contributed by atoms with Crippen LogP contribution in [0.25, 0.3) is 0 Å². The fourth-order valence-electron chi connectivity index (χ4n) is 2.54. The van der Waals surface area contributed by atoms with Crippen LogP contribution in [0.4, 0.5) is 0 Å². The SMILES string of the molecule is NCC(=O)N1CCCCC1Cc1ccccc1. The van der Waals surface area contributed by atoms with Crippen LogP contribution in [0.15, 0.2) is 30.3 Å². The minimum atomic E-state index is 0.0885. The van der Waals surface area contributed by atoms with E-state index in [2.05, 4.69) is 12.1 Å². The number of carbonyl (C=O) groups excluding carboxylic acids is 1. The largest absolute Gasteiger partial charge is 0.338 e. The van der Waals surface area contributed by atoms with Crippen molar-refractivity contribution in [3.63, 3.8) is 0 Å². The summed E-state index contributed by atoms with van der Waals surface area (Å²) in [5, 5.41) is 0. The molecule has 17 heavy (non-hydrogen) atoms. The van der Waals surface area contributed by atoms with Crippen LogP contribution in [-0.4, -0.2) is 29.9 Å². The lowest BCUT2D eigenvalue weighted by Crippen LogP contribution is -2.47. The van der Waals surface area contributed by atoms with Crippen LogP contribution in [0.1, 0.15) is 24.8 Å². The molecule has 1 fully saturated rings. The van der Waals surface area contributed by atoms with Gasteiger partial charge in [0.15, 0.2) is 0 Å². The zero-order chi connectivity index (χ0) is 12.1. The van der Waals surface area contributed by atoms with Crippen molar-refractivity contribution in [1.29, 1.82) is 0 Å². The summed E-state index contributed by atoms with van der Waals surface area (Å²) < 4.78 is 0. The van der Waals surface area contributed by atoms with Gasteiger partial charge in [0.25, 0.3) is 0 Å². The second-order valence-electron chi connectivity index (χ2n) is 4.63. The van der Waals surface area contributed by atoms with Crippen LogP contribution in [-0.2, 0) is 11.2 Å². The average Bonchev–Trinajstić information content (AvgIpc) is 2.40. The molecule has 1 atom stereocenters. The minimum absolute atomic E-state index is 0.0885. The molecular formula is C14H20N2O. The lowest BCUT2D eigenvalue weighted by Gasteiger charge is -2.35. The van der Waals surface area contributed by atoms with Gasteiger partial charge in [-0.1, -0.05) is 30.3 Å². The van der Waals surface area contributed by atoms with E-state index in [0.717, 1.165) is 25.8 Å². The van der Waals surface area contributed by atoms with E-state index in [1.807, 2.05) is 23.1 Å². The molecule has 1 heterocycles. The minimum Gasteiger partial charge on any atom is -0.338 e. The van der Waals surface area contributed by atoms with E-state index >= 15 is 0 Å². The molecule has 1 aromatic rings. The maximum absolute atomic E-state index is 11.8. The molecule has 1 saturated heterocycles. The molecule has 0 spiro atoms. The molecule has 3 heteroatoms. The zero-order valence-corrected chi connectivity index (χ0v) is 10.1. The number of carbonyl (C=O) groups is 1. The van der Waals surface area contributed by atoms with Crippen LogP contribution >= 0.6 is 0 Å². The van der Waals surface area contributed by atoms with Crippen LogP contribution < -0.4 is 5.73 Å². The first-order chi connectivity index (χ1) is 8.31. The van der Waals surface area contributed by atoms with Gasteiger partial charge >= 0.3 is 0 Å². The molecule has 2 N–H and O–H groups in total. The van der Waals surface area contributed by atoms with Gasteiger partial charge in [-0.25, -0.2) is 0 Å². The maximum Gasteiger partial charge on any atom is 0.236 e. The molecule has 2 rings (SSSR count). The normalized spacial score (nSPS) is 20.3. The lowest BCUT2D eigenvalue weighted by molar-refractivity contribution is -0.133. The standard InChI is InChI=1S/C14H20N2O/c15-11-14(17)16-9-5-4-8-13(16)10-12-6-2-1-3-7-12/h1-3,6-7,13H,4-5,8-11,15H2. The van der Waals surface area contributed by atoms with Gasteiger partial charge in [-0.3, -0.25) is 4.79 Å². The van der Waals surface area contributed by atoms with Gasteiger partial charge in [-0.15, -0.1) is 0 Å². The number of benzene rings is 1. The van der Waals surface area contributed by atoms with Gasteiger partial charge in [0.1, 0.15) is 0 Å². The number of rotatable bonds is 3. The summed E-state index contributed by atoms with van der Waals surface area (Å²) in [6.07, 6.45) is 4.37. The van der Waals surface area contributed by atoms with Gasteiger partial charge < -0.3 is 10.6 Å². The van der Waals surface area contributed by atoms with E-state index in [4.69, 9.17) is 5.73 Å². The van der Waals surface area contributed by atoms with Crippen LogP contribution in [0.3, 0.4) is 0 Å². The lowest BCUT2D eigenvalue weighted by atomic mass is 9.95. The van der Waals surface area contributed by atoms with Gasteiger partial charge in [-0.2, -0.15) is 0 Å². The average molecular weight is 232 g/mol. The van der Waals surface area contributed by atoms with Crippen molar-refractivity contribution in [3.05, 3.63) is 35.9 Å². The molecule has 0 radical (unpaired) electrons. The highest BCUT2D eigenvalue weighted by atomic mass is 16.2. The van der Waals surface area contributed by atoms with E-state index in [9.17, 15) is 4.79 Å². The number of likely N-dealkylation sites (tertiary alicyclic amines) is 1. The third kappa shape index (κ3) is 3.07. The Balaban J connectivity index is 2.04. The number of nitrogens with two attached hydrogens (primary N) is 1. The number of nitrogens with zero attached hydrogens (tertiary/aromatic N) is 1. The van der Waals surface area contributed by atoms with Crippen molar-refractivity contribution in [2.45, 2.75) is 31.7 Å². The summed E-state index contributed by atoms with van der Waals surface area (Å²) >= 11 is 0. The Morgan fingerprint density at radius 2 is 2.06 bits per heavy atom. The van der Waals surface area contributed by atoms with Gasteiger partial charge in [-0.05, 0) is 31.2 Å². The van der Waals surface area contributed by atoms with E-state index in [1.165, 1.54) is 12.0 Å². The Morgan fingerprint density at radius 1 is 1.29 bits per heavy atom. The molecule has 1 unspecified atom stereocenters. The van der Waals surface area contributed by atoms with Crippen molar-refractivity contribution < 1.29 is 4.79 Å². The molecule has 92 valence electrons. The van der Waals surface area contributed by atoms with Crippen molar-refractivity contribution in [1.82, 2.24) is 4.90 Å². The highest BCUT2D eigenvalue weighted by molar-refractivity contribution is 5.78. The maximum atomic E-state index is 11.8. The Bertz CT molecular complexity index is 364. The molecule has 1 amide bonds. The van der Waals surface area contributed by atoms with E-state index in [-0.39, 0.29) is 12.5 Å². The highest BCUT2D eigenvalue weighted by Crippen LogP contribution is 2.20. The first-order valence-corrected chi connectivity index (χ1v) is 6.34. The van der Waals surface area contributed by atoms with E-state index in [0.29, 0.717) is 6.04 Å². The van der Waals surface area contributed by atoms with Gasteiger partial charge in [0.05, 0.1) is 6.54 Å². The van der Waals surface area contributed by atoms with E-state index in [1.54, 1.807) is 0 Å². The van der Waals surface area contributed by atoms with Crippen molar-refractivity contribution in [3.8, 4) is 0 Å². The zero-order valence-electron chi connectivity index (χ0n) is 10.1. The second-order valence-corrected chi connectivity index (χ2v) is 4.63. The Hall–Kier alpha value is -1.35. The molecule has 0 bridgehead atoms. The molecule has 0 aliphatic carbocycles. The van der Waals surface area contributed by atoms with Crippen molar-refractivity contribution in [2.24, 2.45) is 5.73 Å². The fourth-order valence-corrected chi connectivity index (χ4v) is 2.54. The van der Waals surface area contributed by atoms with Crippen LogP contribution in [0.2, 0.25) is 0 Å². The Morgan fingerprint density at radius 3 is 2.76 bits per heavy atom. The summed E-state index contributed by atoms with van der Waals surface area (Å²) in [5.41, 5.74) is 6.77. The number of piperidine rings is 1. The summed E-state index contributed by atoms with van der Waals surface area (Å²) in [7, 11) is 0. The fraction of sp³-hybridized carbons (Fsp3) is 0.500. The molecule has 0 aromatic heterocycles. The first kappa shape index (κ1) is 12.1. The highest BCUT2D eigenvalue weighted by Gasteiger charge is 2.25. The molecule has 1 aliphatic heterocycles. The molecule has 1 aliphatic rings. The van der Waals surface area contributed by atoms with E-state index < -0.39 is 0 Å². The molecule has 3 nitrogen and oxygen atoms in total. The summed E-state index contributed by atoms with van der Waals surface area (Å²) in [6, 6.07) is 10.7. The van der Waals surface area contributed by atoms with Gasteiger partial charge in [0.2, 0.25) is 5.91 Å². The second kappa shape index (κ2) is 5.82. The Kier molecular flexibility index (Phi) is 4.15.